The number of hydrogen-bond acceptors (Lipinski definition) is 4. The van der Waals surface area contributed by atoms with E-state index in [-0.39, 0.29) is 5.91 Å². The maximum Gasteiger partial charge on any atom is 0.265 e. The van der Waals surface area contributed by atoms with Crippen molar-refractivity contribution in [2.75, 3.05) is 5.32 Å². The Balaban J connectivity index is 1.46. The molecule has 0 aliphatic carbocycles. The number of carbonyl (C=O) groups excluding carboxylic acids is 1. The van der Waals surface area contributed by atoms with Crippen LogP contribution in [0.2, 0.25) is 0 Å². The van der Waals surface area contributed by atoms with Gasteiger partial charge in [-0.05, 0) is 52.8 Å². The molecule has 0 spiro atoms. The Morgan fingerprint density at radius 3 is 2.67 bits per heavy atom. The molecule has 4 rings (SSSR count). The zero-order chi connectivity index (χ0) is 18.8. The summed E-state index contributed by atoms with van der Waals surface area (Å²) in [4.78, 5) is 17.4. The van der Waals surface area contributed by atoms with Crippen molar-refractivity contribution in [2.45, 2.75) is 26.2 Å². The van der Waals surface area contributed by atoms with Crippen molar-refractivity contribution in [3.05, 3.63) is 81.9 Å². The molecule has 1 N–H and O–H groups in total. The Kier molecular flexibility index (Phi) is 4.77. The van der Waals surface area contributed by atoms with Gasteiger partial charge in [-0.25, -0.2) is 4.98 Å². The lowest BCUT2D eigenvalue weighted by molar-refractivity contribution is 0.103. The maximum atomic E-state index is 12.1. The van der Waals surface area contributed by atoms with Gasteiger partial charge in [0.1, 0.15) is 5.52 Å². The smallest absolute Gasteiger partial charge is 0.265 e. The van der Waals surface area contributed by atoms with Crippen molar-refractivity contribution in [2.24, 2.45) is 0 Å². The van der Waals surface area contributed by atoms with E-state index >= 15 is 0 Å². The van der Waals surface area contributed by atoms with Crippen LogP contribution in [0.15, 0.2) is 64.4 Å². The first kappa shape index (κ1) is 17.5. The first-order valence-corrected chi connectivity index (χ1v) is 9.79. The number of oxazole rings is 1. The predicted octanol–water partition coefficient (Wildman–Crippen LogP) is 5.86. The summed E-state index contributed by atoms with van der Waals surface area (Å²) in [6.45, 7) is 4.34. The average Bonchev–Trinajstić information content (AvgIpc) is 3.32. The van der Waals surface area contributed by atoms with Gasteiger partial charge in [0, 0.05) is 12.1 Å². The molecule has 136 valence electrons. The van der Waals surface area contributed by atoms with E-state index in [1.165, 1.54) is 16.9 Å². The highest BCUT2D eigenvalue weighted by molar-refractivity contribution is 7.12. The molecule has 0 atom stereocenters. The molecule has 0 radical (unpaired) electrons. The molecule has 0 aliphatic heterocycles. The summed E-state index contributed by atoms with van der Waals surface area (Å²) < 4.78 is 5.87. The fourth-order valence-corrected chi connectivity index (χ4v) is 3.53. The monoisotopic (exact) mass is 376 g/mol. The number of nitrogens with one attached hydrogen (secondary N) is 1. The number of anilines is 1. The normalized spacial score (nSPS) is 11.2. The quantitative estimate of drug-likeness (QED) is 0.475. The summed E-state index contributed by atoms with van der Waals surface area (Å²) in [5, 5.41) is 4.80. The summed E-state index contributed by atoms with van der Waals surface area (Å²) in [5.41, 5.74) is 4.83. The van der Waals surface area contributed by atoms with Crippen LogP contribution in [-0.2, 0) is 6.42 Å². The van der Waals surface area contributed by atoms with E-state index in [1.807, 2.05) is 47.8 Å². The average molecular weight is 376 g/mol. The highest BCUT2D eigenvalue weighted by Crippen LogP contribution is 2.23. The number of nitrogens with zero attached hydrogens (tertiary/aromatic N) is 1. The van der Waals surface area contributed by atoms with E-state index in [0.29, 0.717) is 23.1 Å². The topological polar surface area (TPSA) is 55.1 Å². The molecule has 4 nitrogen and oxygen atoms in total. The molecule has 5 heteroatoms. The number of rotatable bonds is 5. The fourth-order valence-electron chi connectivity index (χ4n) is 2.91. The molecule has 0 unspecified atom stereocenters. The molecule has 2 heterocycles. The van der Waals surface area contributed by atoms with Crippen LogP contribution in [0.5, 0.6) is 0 Å². The molecular weight excluding hydrogens is 356 g/mol. The Morgan fingerprint density at radius 1 is 1.15 bits per heavy atom. The van der Waals surface area contributed by atoms with E-state index < -0.39 is 0 Å². The highest BCUT2D eigenvalue weighted by Gasteiger charge is 2.10. The first-order valence-electron chi connectivity index (χ1n) is 8.91. The third-order valence-electron chi connectivity index (χ3n) is 4.43. The van der Waals surface area contributed by atoms with Gasteiger partial charge >= 0.3 is 0 Å². The maximum absolute atomic E-state index is 12.1. The van der Waals surface area contributed by atoms with E-state index in [9.17, 15) is 4.79 Å². The molecular formula is C22H20N2O2S. The van der Waals surface area contributed by atoms with Crippen molar-refractivity contribution in [3.63, 3.8) is 0 Å². The Morgan fingerprint density at radius 2 is 1.96 bits per heavy atom. The van der Waals surface area contributed by atoms with Crippen LogP contribution in [0, 0.1) is 0 Å². The summed E-state index contributed by atoms with van der Waals surface area (Å²) >= 11 is 1.43. The number of thiophene rings is 1. The van der Waals surface area contributed by atoms with E-state index in [0.717, 1.165) is 22.4 Å². The third-order valence-corrected chi connectivity index (χ3v) is 5.30. The van der Waals surface area contributed by atoms with Gasteiger partial charge < -0.3 is 9.73 Å². The lowest BCUT2D eigenvalue weighted by Crippen LogP contribution is -2.09. The van der Waals surface area contributed by atoms with Crippen molar-refractivity contribution in [1.29, 1.82) is 0 Å². The summed E-state index contributed by atoms with van der Waals surface area (Å²) in [5.74, 6) is 1.07. The van der Waals surface area contributed by atoms with Crippen molar-refractivity contribution >= 4 is 34.0 Å². The number of fused-ring (bicyclic) bond motifs is 1. The van der Waals surface area contributed by atoms with E-state index in [4.69, 9.17) is 4.42 Å². The van der Waals surface area contributed by atoms with Gasteiger partial charge in [0.2, 0.25) is 0 Å². The van der Waals surface area contributed by atoms with Gasteiger partial charge in [0.15, 0.2) is 11.5 Å². The standard InChI is InChI=1S/C22H20N2O2S/c1-14(2)16-7-10-19-18(13-16)24-21(26-19)12-15-5-8-17(9-6-15)23-22(25)20-4-3-11-27-20/h3-11,13-14H,12H2,1-2H3,(H,23,25). The Bertz CT molecular complexity index is 1060. The van der Waals surface area contributed by atoms with Crippen LogP contribution in [0.25, 0.3) is 11.1 Å². The summed E-state index contributed by atoms with van der Waals surface area (Å²) in [7, 11) is 0. The Labute approximate surface area is 161 Å². The Hall–Kier alpha value is -2.92. The van der Waals surface area contributed by atoms with Crippen LogP contribution < -0.4 is 5.32 Å². The van der Waals surface area contributed by atoms with Gasteiger partial charge in [-0.3, -0.25) is 4.79 Å². The van der Waals surface area contributed by atoms with Gasteiger partial charge in [-0.15, -0.1) is 11.3 Å². The largest absolute Gasteiger partial charge is 0.440 e. The van der Waals surface area contributed by atoms with E-state index in [1.54, 1.807) is 0 Å². The molecule has 1 amide bonds. The second-order valence-corrected chi connectivity index (χ2v) is 7.74. The highest BCUT2D eigenvalue weighted by atomic mass is 32.1. The van der Waals surface area contributed by atoms with Gasteiger partial charge in [-0.2, -0.15) is 0 Å². The molecule has 2 aromatic carbocycles. The molecule has 0 aliphatic rings. The SMILES string of the molecule is CC(C)c1ccc2oc(Cc3ccc(NC(=O)c4cccs4)cc3)nc2c1. The number of amides is 1. The zero-order valence-electron chi connectivity index (χ0n) is 15.2. The van der Waals surface area contributed by atoms with E-state index in [2.05, 4.69) is 36.3 Å². The minimum absolute atomic E-state index is 0.0855. The second kappa shape index (κ2) is 7.37. The van der Waals surface area contributed by atoms with Crippen LogP contribution >= 0.6 is 11.3 Å². The zero-order valence-corrected chi connectivity index (χ0v) is 16.0. The fraction of sp³-hybridized carbons (Fsp3) is 0.182. The van der Waals surface area contributed by atoms with Crippen LogP contribution in [0.3, 0.4) is 0 Å². The minimum Gasteiger partial charge on any atom is -0.440 e. The third kappa shape index (κ3) is 3.93. The summed E-state index contributed by atoms with van der Waals surface area (Å²) in [6, 6.07) is 17.6. The van der Waals surface area contributed by atoms with Crippen LogP contribution in [-0.4, -0.2) is 10.9 Å². The van der Waals surface area contributed by atoms with Crippen molar-refractivity contribution < 1.29 is 9.21 Å². The lowest BCUT2D eigenvalue weighted by atomic mass is 10.0. The first-order chi connectivity index (χ1) is 13.1. The minimum atomic E-state index is -0.0855. The van der Waals surface area contributed by atoms with Crippen molar-refractivity contribution in [3.8, 4) is 0 Å². The van der Waals surface area contributed by atoms with Gasteiger partial charge in [-0.1, -0.05) is 38.1 Å². The molecule has 27 heavy (non-hydrogen) atoms. The van der Waals surface area contributed by atoms with Crippen LogP contribution in [0.1, 0.15) is 46.5 Å². The van der Waals surface area contributed by atoms with Gasteiger partial charge in [0.25, 0.3) is 5.91 Å². The molecule has 0 fully saturated rings. The second-order valence-electron chi connectivity index (χ2n) is 6.79. The van der Waals surface area contributed by atoms with Crippen LogP contribution in [0.4, 0.5) is 5.69 Å². The number of aromatic nitrogens is 1. The number of benzene rings is 2. The molecule has 0 saturated carbocycles. The predicted molar refractivity (Wildman–Crippen MR) is 110 cm³/mol. The molecule has 0 bridgehead atoms. The van der Waals surface area contributed by atoms with Crippen molar-refractivity contribution in [1.82, 2.24) is 4.98 Å². The lowest BCUT2D eigenvalue weighted by Gasteiger charge is -2.04. The number of carbonyl (C=O) groups is 1. The molecule has 0 saturated heterocycles. The summed E-state index contributed by atoms with van der Waals surface area (Å²) in [6.07, 6.45) is 0.616. The molecule has 4 aromatic rings. The van der Waals surface area contributed by atoms with Gasteiger partial charge in [0.05, 0.1) is 4.88 Å². The number of hydrogen-bond donors (Lipinski definition) is 1. The molecule has 2 aromatic heterocycles.